The van der Waals surface area contributed by atoms with Crippen molar-refractivity contribution < 1.29 is 13.0 Å². The monoisotopic (exact) mass is 296 g/mol. The molecule has 0 saturated heterocycles. The van der Waals surface area contributed by atoms with Crippen LogP contribution in [0.1, 0.15) is 0 Å². The largest absolute Gasteiger partial charge is 0.399 e. The Labute approximate surface area is 115 Å². The summed E-state index contributed by atoms with van der Waals surface area (Å²) in [5.41, 5.74) is 6.76. The Morgan fingerprint density at radius 1 is 0.895 bits per heavy atom. The zero-order valence-corrected chi connectivity index (χ0v) is 11.4. The van der Waals surface area contributed by atoms with Crippen molar-refractivity contribution >= 4 is 33.4 Å². The fourth-order valence-corrected chi connectivity index (χ4v) is 2.62. The van der Waals surface area contributed by atoms with Gasteiger partial charge in [0.05, 0.1) is 9.79 Å². The third kappa shape index (κ3) is 3.63. The Kier molecular flexibility index (Phi) is 4.31. The van der Waals surface area contributed by atoms with E-state index in [9.17, 15) is 8.42 Å². The van der Waals surface area contributed by atoms with Crippen LogP contribution in [0.2, 0.25) is 0 Å². The lowest BCUT2D eigenvalue weighted by molar-refractivity contribution is 0.564. The predicted molar refractivity (Wildman–Crippen MR) is 76.4 cm³/mol. The number of hydrogen-bond donors (Lipinski definition) is 3. The minimum atomic E-state index is -2.01. The highest BCUT2D eigenvalue weighted by molar-refractivity contribution is 7.86. The maximum absolute atomic E-state index is 12.0. The van der Waals surface area contributed by atoms with Crippen LogP contribution in [0, 0.1) is 0 Å². The summed E-state index contributed by atoms with van der Waals surface area (Å²) in [7, 11) is -1.40. The van der Waals surface area contributed by atoms with Gasteiger partial charge in [-0.1, -0.05) is 0 Å². The Morgan fingerprint density at radius 3 is 1.95 bits per heavy atom. The first-order chi connectivity index (χ1) is 9.06. The molecule has 0 heterocycles. The van der Waals surface area contributed by atoms with E-state index in [1.54, 1.807) is 36.4 Å². The topological polar surface area (TPSA) is 92.4 Å². The van der Waals surface area contributed by atoms with E-state index < -0.39 is 22.1 Å². The molecule has 0 saturated carbocycles. The Bertz CT molecular complexity index is 612. The SMILES string of the molecule is Nc1ccc(S(=O)Nc2ccc(S(=O)O)cc2)cc1. The molecule has 2 unspecified atom stereocenters. The van der Waals surface area contributed by atoms with E-state index in [-0.39, 0.29) is 0 Å². The van der Waals surface area contributed by atoms with Gasteiger partial charge in [0, 0.05) is 11.4 Å². The molecule has 2 rings (SSSR count). The summed E-state index contributed by atoms with van der Waals surface area (Å²) in [5, 5.41) is 0. The second-order valence-electron chi connectivity index (χ2n) is 3.71. The number of rotatable bonds is 4. The first-order valence-corrected chi connectivity index (χ1v) is 7.57. The third-order valence-corrected chi connectivity index (χ3v) is 4.16. The molecule has 0 amide bonds. The minimum absolute atomic E-state index is 0.295. The van der Waals surface area contributed by atoms with Crippen LogP contribution in [0.4, 0.5) is 11.4 Å². The van der Waals surface area contributed by atoms with E-state index in [0.29, 0.717) is 21.2 Å². The fourth-order valence-electron chi connectivity index (χ4n) is 1.40. The summed E-state index contributed by atoms with van der Waals surface area (Å²) in [5.74, 6) is 0. The molecule has 0 aliphatic heterocycles. The number of benzene rings is 2. The third-order valence-electron chi connectivity index (χ3n) is 2.36. The maximum Gasteiger partial charge on any atom is 0.186 e. The lowest BCUT2D eigenvalue weighted by atomic mass is 10.3. The van der Waals surface area contributed by atoms with Crippen LogP contribution in [0.25, 0.3) is 0 Å². The molecular weight excluding hydrogens is 284 g/mol. The van der Waals surface area contributed by atoms with E-state index in [4.69, 9.17) is 10.3 Å². The van der Waals surface area contributed by atoms with Crippen molar-refractivity contribution in [1.82, 2.24) is 0 Å². The number of nitrogens with one attached hydrogen (secondary N) is 1. The minimum Gasteiger partial charge on any atom is -0.399 e. The Balaban J connectivity index is 2.10. The molecule has 19 heavy (non-hydrogen) atoms. The predicted octanol–water partition coefficient (Wildman–Crippen LogP) is 1.98. The fraction of sp³-hybridized carbons (Fsp3) is 0. The van der Waals surface area contributed by atoms with Gasteiger partial charge in [0.1, 0.15) is 11.0 Å². The van der Waals surface area contributed by atoms with Gasteiger partial charge < -0.3 is 15.0 Å². The molecule has 0 aromatic heterocycles. The van der Waals surface area contributed by atoms with Crippen molar-refractivity contribution in [3.63, 3.8) is 0 Å². The van der Waals surface area contributed by atoms with E-state index in [1.165, 1.54) is 12.1 Å². The smallest absolute Gasteiger partial charge is 0.186 e. The van der Waals surface area contributed by atoms with Gasteiger partial charge >= 0.3 is 0 Å². The molecule has 0 radical (unpaired) electrons. The van der Waals surface area contributed by atoms with E-state index in [1.807, 2.05) is 0 Å². The lowest BCUT2D eigenvalue weighted by Gasteiger charge is -2.06. The summed E-state index contributed by atoms with van der Waals surface area (Å²) in [6.07, 6.45) is 0. The first kappa shape index (κ1) is 13.7. The van der Waals surface area contributed by atoms with Crippen molar-refractivity contribution in [3.8, 4) is 0 Å². The second kappa shape index (κ2) is 5.96. The van der Waals surface area contributed by atoms with Gasteiger partial charge in [-0.05, 0) is 48.5 Å². The van der Waals surface area contributed by atoms with Crippen molar-refractivity contribution in [2.24, 2.45) is 0 Å². The van der Waals surface area contributed by atoms with Crippen molar-refractivity contribution in [2.75, 3.05) is 10.5 Å². The van der Waals surface area contributed by atoms with Crippen molar-refractivity contribution in [1.29, 1.82) is 0 Å². The van der Waals surface area contributed by atoms with E-state index in [0.717, 1.165) is 0 Å². The highest BCUT2D eigenvalue weighted by atomic mass is 32.2. The van der Waals surface area contributed by atoms with Crippen LogP contribution in [0.15, 0.2) is 58.3 Å². The molecule has 7 heteroatoms. The average molecular weight is 296 g/mol. The molecule has 0 spiro atoms. The summed E-state index contributed by atoms with van der Waals surface area (Å²) in [6.45, 7) is 0. The summed E-state index contributed by atoms with van der Waals surface area (Å²) in [6, 6.07) is 12.9. The molecule has 4 N–H and O–H groups in total. The van der Waals surface area contributed by atoms with Gasteiger partial charge in [0.25, 0.3) is 0 Å². The summed E-state index contributed by atoms with van der Waals surface area (Å²) >= 11 is -2.01. The van der Waals surface area contributed by atoms with Gasteiger partial charge in [-0.2, -0.15) is 0 Å². The molecule has 5 nitrogen and oxygen atoms in total. The standard InChI is InChI=1S/C12H12N2O3S2/c13-9-1-5-11(6-2-9)18(15)14-10-3-7-12(8-4-10)19(16)17/h1-8,14H,13H2,(H,16,17). The number of anilines is 2. The van der Waals surface area contributed by atoms with Crippen LogP contribution >= 0.6 is 0 Å². The number of nitrogens with two attached hydrogens (primary N) is 1. The summed E-state index contributed by atoms with van der Waals surface area (Å²) < 4.78 is 34.5. The molecule has 2 aromatic rings. The van der Waals surface area contributed by atoms with E-state index >= 15 is 0 Å². The van der Waals surface area contributed by atoms with Crippen molar-refractivity contribution in [2.45, 2.75) is 9.79 Å². The second-order valence-corrected chi connectivity index (χ2v) is 5.90. The normalized spacial score (nSPS) is 13.7. The van der Waals surface area contributed by atoms with Crippen molar-refractivity contribution in [3.05, 3.63) is 48.5 Å². The summed E-state index contributed by atoms with van der Waals surface area (Å²) in [4.78, 5) is 0.896. The zero-order valence-electron chi connectivity index (χ0n) is 9.78. The molecule has 0 fully saturated rings. The molecule has 0 aliphatic carbocycles. The molecule has 2 aromatic carbocycles. The molecule has 2 atom stereocenters. The van der Waals surface area contributed by atoms with Gasteiger partial charge in [-0.3, -0.25) is 0 Å². The van der Waals surface area contributed by atoms with Crippen LogP contribution < -0.4 is 10.5 Å². The molecule has 100 valence electrons. The quantitative estimate of drug-likeness (QED) is 0.594. The maximum atomic E-state index is 12.0. The molecular formula is C12H12N2O3S2. The Hall–Kier alpha value is -1.70. The highest BCUT2D eigenvalue weighted by Gasteiger charge is 2.05. The number of hydrogen-bond acceptors (Lipinski definition) is 3. The zero-order chi connectivity index (χ0) is 13.8. The van der Waals surface area contributed by atoms with Gasteiger partial charge in [-0.15, -0.1) is 0 Å². The van der Waals surface area contributed by atoms with Crippen LogP contribution in [-0.4, -0.2) is 13.0 Å². The lowest BCUT2D eigenvalue weighted by Crippen LogP contribution is -2.04. The number of nitrogen functional groups attached to an aromatic ring is 1. The van der Waals surface area contributed by atoms with Gasteiger partial charge in [0.2, 0.25) is 0 Å². The Morgan fingerprint density at radius 2 is 1.42 bits per heavy atom. The average Bonchev–Trinajstić information content (AvgIpc) is 2.40. The molecule has 0 bridgehead atoms. The van der Waals surface area contributed by atoms with E-state index in [2.05, 4.69) is 4.72 Å². The first-order valence-electron chi connectivity index (χ1n) is 5.31. The van der Waals surface area contributed by atoms with Gasteiger partial charge in [-0.25, -0.2) is 8.42 Å². The molecule has 0 aliphatic rings. The van der Waals surface area contributed by atoms with Crippen LogP contribution in [0.3, 0.4) is 0 Å². The highest BCUT2D eigenvalue weighted by Crippen LogP contribution is 2.16. The van der Waals surface area contributed by atoms with Crippen LogP contribution in [0.5, 0.6) is 0 Å². The van der Waals surface area contributed by atoms with Crippen LogP contribution in [-0.2, 0) is 22.1 Å². The van der Waals surface area contributed by atoms with Gasteiger partial charge in [0.15, 0.2) is 11.1 Å².